The molecule has 2 amide bonds. The van der Waals surface area contributed by atoms with Gasteiger partial charge in [-0.05, 0) is 12.8 Å². The zero-order chi connectivity index (χ0) is 9.84. The molecule has 4 heteroatoms. The number of nitrogens with two attached hydrogens (primary N) is 1. The van der Waals surface area contributed by atoms with E-state index in [1.54, 1.807) is 7.05 Å². The second-order valence-electron chi connectivity index (χ2n) is 3.51. The number of hydrogen-bond acceptors (Lipinski definition) is 2. The predicted octanol–water partition coefficient (Wildman–Crippen LogP) is 0.0241. The maximum atomic E-state index is 11.4. The maximum absolute atomic E-state index is 11.4. The van der Waals surface area contributed by atoms with Crippen LogP contribution < -0.4 is 11.1 Å². The molecule has 0 saturated heterocycles. The van der Waals surface area contributed by atoms with E-state index < -0.39 is 0 Å². The monoisotopic (exact) mass is 184 g/mol. The molecule has 0 bridgehead atoms. The highest BCUT2D eigenvalue weighted by Crippen LogP contribution is 2.29. The summed E-state index contributed by atoms with van der Waals surface area (Å²) in [4.78, 5) is 22.4. The second kappa shape index (κ2) is 4.25. The van der Waals surface area contributed by atoms with E-state index in [0.29, 0.717) is 0 Å². The summed E-state index contributed by atoms with van der Waals surface area (Å²) in [5.74, 6) is -0.846. The average molecular weight is 184 g/mol. The van der Waals surface area contributed by atoms with Gasteiger partial charge in [0, 0.05) is 18.9 Å². The van der Waals surface area contributed by atoms with Gasteiger partial charge < -0.3 is 11.1 Å². The van der Waals surface area contributed by atoms with Crippen molar-refractivity contribution in [1.82, 2.24) is 5.32 Å². The SMILES string of the molecule is CNC(=O)C1CCCCC1C(N)=O. The van der Waals surface area contributed by atoms with Crippen molar-refractivity contribution in [3.05, 3.63) is 0 Å². The van der Waals surface area contributed by atoms with Gasteiger partial charge in [-0.15, -0.1) is 0 Å². The summed E-state index contributed by atoms with van der Waals surface area (Å²) in [7, 11) is 1.59. The summed E-state index contributed by atoms with van der Waals surface area (Å²) in [6.07, 6.45) is 3.56. The van der Waals surface area contributed by atoms with Crippen LogP contribution in [0, 0.1) is 11.8 Å². The summed E-state index contributed by atoms with van der Waals surface area (Å²) in [6.45, 7) is 0. The molecular weight excluding hydrogens is 168 g/mol. The van der Waals surface area contributed by atoms with E-state index >= 15 is 0 Å². The smallest absolute Gasteiger partial charge is 0.223 e. The van der Waals surface area contributed by atoms with Crippen LogP contribution in [0.5, 0.6) is 0 Å². The van der Waals surface area contributed by atoms with Gasteiger partial charge in [0.25, 0.3) is 0 Å². The standard InChI is InChI=1S/C9H16N2O2/c1-11-9(13)7-5-3-2-4-6(7)8(10)12/h6-7H,2-5H2,1H3,(H2,10,12)(H,11,13). The van der Waals surface area contributed by atoms with E-state index in [9.17, 15) is 9.59 Å². The van der Waals surface area contributed by atoms with Crippen LogP contribution in [0.4, 0.5) is 0 Å². The lowest BCUT2D eigenvalue weighted by Gasteiger charge is -2.27. The topological polar surface area (TPSA) is 72.2 Å². The molecule has 74 valence electrons. The quantitative estimate of drug-likeness (QED) is 0.635. The number of nitrogens with one attached hydrogen (secondary N) is 1. The lowest BCUT2D eigenvalue weighted by atomic mass is 9.78. The van der Waals surface area contributed by atoms with Gasteiger partial charge in [-0.25, -0.2) is 0 Å². The number of carbonyl (C=O) groups excluding carboxylic acids is 2. The van der Waals surface area contributed by atoms with E-state index in [2.05, 4.69) is 5.32 Å². The van der Waals surface area contributed by atoms with Crippen LogP contribution in [-0.4, -0.2) is 18.9 Å². The molecule has 13 heavy (non-hydrogen) atoms. The van der Waals surface area contributed by atoms with Crippen molar-refractivity contribution in [3.8, 4) is 0 Å². The Bertz CT molecular complexity index is 216. The number of carbonyl (C=O) groups is 2. The summed E-state index contributed by atoms with van der Waals surface area (Å²) in [5.41, 5.74) is 5.23. The molecule has 1 fully saturated rings. The maximum Gasteiger partial charge on any atom is 0.223 e. The molecule has 0 spiro atoms. The van der Waals surface area contributed by atoms with Crippen LogP contribution in [0.15, 0.2) is 0 Å². The fourth-order valence-corrected chi connectivity index (χ4v) is 1.97. The minimum Gasteiger partial charge on any atom is -0.369 e. The predicted molar refractivity (Wildman–Crippen MR) is 48.7 cm³/mol. The van der Waals surface area contributed by atoms with Gasteiger partial charge in [0.2, 0.25) is 11.8 Å². The third-order valence-corrected chi connectivity index (χ3v) is 2.71. The molecule has 1 aliphatic carbocycles. The molecule has 2 atom stereocenters. The van der Waals surface area contributed by atoms with Crippen molar-refractivity contribution >= 4 is 11.8 Å². The molecule has 0 heterocycles. The molecule has 1 saturated carbocycles. The number of hydrogen-bond donors (Lipinski definition) is 2. The molecule has 1 aliphatic rings. The lowest BCUT2D eigenvalue weighted by molar-refractivity contribution is -0.134. The average Bonchev–Trinajstić information content (AvgIpc) is 2.16. The van der Waals surface area contributed by atoms with Crippen molar-refractivity contribution in [2.75, 3.05) is 7.05 Å². The second-order valence-corrected chi connectivity index (χ2v) is 3.51. The molecule has 0 aromatic heterocycles. The van der Waals surface area contributed by atoms with Gasteiger partial charge in [-0.1, -0.05) is 12.8 Å². The Morgan fingerprint density at radius 2 is 1.77 bits per heavy atom. The normalized spacial score (nSPS) is 28.1. The van der Waals surface area contributed by atoms with Crippen LogP contribution in [0.1, 0.15) is 25.7 Å². The first kappa shape index (κ1) is 10.0. The number of rotatable bonds is 2. The molecule has 4 nitrogen and oxygen atoms in total. The molecule has 0 aliphatic heterocycles. The molecular formula is C9H16N2O2. The van der Waals surface area contributed by atoms with Crippen molar-refractivity contribution in [2.45, 2.75) is 25.7 Å². The zero-order valence-corrected chi connectivity index (χ0v) is 7.88. The Morgan fingerprint density at radius 3 is 2.23 bits per heavy atom. The third-order valence-electron chi connectivity index (χ3n) is 2.71. The molecule has 0 aromatic carbocycles. The van der Waals surface area contributed by atoms with Crippen molar-refractivity contribution < 1.29 is 9.59 Å². The van der Waals surface area contributed by atoms with Crippen LogP contribution in [-0.2, 0) is 9.59 Å². The van der Waals surface area contributed by atoms with Crippen molar-refractivity contribution in [1.29, 1.82) is 0 Å². The van der Waals surface area contributed by atoms with Crippen LogP contribution in [0.2, 0.25) is 0 Å². The van der Waals surface area contributed by atoms with Gasteiger partial charge in [-0.2, -0.15) is 0 Å². The van der Waals surface area contributed by atoms with Gasteiger partial charge in [0.15, 0.2) is 0 Å². The van der Waals surface area contributed by atoms with E-state index in [1.807, 2.05) is 0 Å². The van der Waals surface area contributed by atoms with Crippen LogP contribution in [0.25, 0.3) is 0 Å². The molecule has 1 rings (SSSR count). The Hall–Kier alpha value is -1.06. The van der Waals surface area contributed by atoms with Gasteiger partial charge in [0.05, 0.1) is 0 Å². The number of amides is 2. The van der Waals surface area contributed by atoms with Gasteiger partial charge >= 0.3 is 0 Å². The van der Waals surface area contributed by atoms with Crippen LogP contribution in [0.3, 0.4) is 0 Å². The van der Waals surface area contributed by atoms with E-state index in [-0.39, 0.29) is 23.7 Å². The zero-order valence-electron chi connectivity index (χ0n) is 7.88. The molecule has 3 N–H and O–H groups in total. The van der Waals surface area contributed by atoms with E-state index in [1.165, 1.54) is 0 Å². The summed E-state index contributed by atoms with van der Waals surface area (Å²) < 4.78 is 0. The van der Waals surface area contributed by atoms with Crippen LogP contribution >= 0.6 is 0 Å². The highest BCUT2D eigenvalue weighted by molar-refractivity contribution is 5.86. The first-order valence-corrected chi connectivity index (χ1v) is 4.67. The van der Waals surface area contributed by atoms with Crippen molar-refractivity contribution in [2.24, 2.45) is 17.6 Å². The number of primary amides is 1. The molecule has 0 radical (unpaired) electrons. The van der Waals surface area contributed by atoms with E-state index in [0.717, 1.165) is 25.7 Å². The fraction of sp³-hybridized carbons (Fsp3) is 0.778. The van der Waals surface area contributed by atoms with Gasteiger partial charge in [0.1, 0.15) is 0 Å². The molecule has 0 aromatic rings. The van der Waals surface area contributed by atoms with E-state index in [4.69, 9.17) is 5.73 Å². The first-order chi connectivity index (χ1) is 6.16. The molecule has 2 unspecified atom stereocenters. The largest absolute Gasteiger partial charge is 0.369 e. The Kier molecular flexibility index (Phi) is 3.28. The first-order valence-electron chi connectivity index (χ1n) is 4.67. The minimum atomic E-state index is -0.340. The van der Waals surface area contributed by atoms with Crippen molar-refractivity contribution in [3.63, 3.8) is 0 Å². The Balaban J connectivity index is 2.67. The fourth-order valence-electron chi connectivity index (χ4n) is 1.97. The highest BCUT2D eigenvalue weighted by Gasteiger charge is 2.33. The van der Waals surface area contributed by atoms with Gasteiger partial charge in [-0.3, -0.25) is 9.59 Å². The Morgan fingerprint density at radius 1 is 1.23 bits per heavy atom. The Labute approximate surface area is 77.9 Å². The summed E-state index contributed by atoms with van der Waals surface area (Å²) >= 11 is 0. The lowest BCUT2D eigenvalue weighted by Crippen LogP contribution is -2.40. The summed E-state index contributed by atoms with van der Waals surface area (Å²) in [5, 5.41) is 2.57. The summed E-state index contributed by atoms with van der Waals surface area (Å²) in [6, 6.07) is 0. The highest BCUT2D eigenvalue weighted by atomic mass is 16.2. The third kappa shape index (κ3) is 2.20. The minimum absolute atomic E-state index is 0.0523.